The zero-order valence-electron chi connectivity index (χ0n) is 10.5. The van der Waals surface area contributed by atoms with Crippen LogP contribution in [0.1, 0.15) is 18.4 Å². The maximum atomic E-state index is 6.11. The lowest BCUT2D eigenvalue weighted by molar-refractivity contribution is 0.633. The average Bonchev–Trinajstić information content (AvgIpc) is 2.89. The second kappa shape index (κ2) is 6.45. The summed E-state index contributed by atoms with van der Waals surface area (Å²) in [5.41, 5.74) is 1.08. The molecule has 0 aliphatic heterocycles. The molecule has 0 heterocycles. The Morgan fingerprint density at radius 3 is 2.72 bits per heavy atom. The molecule has 18 heavy (non-hydrogen) atoms. The normalized spacial score (nSPS) is 16.0. The first kappa shape index (κ1) is 13.0. The molecule has 0 fully saturated rings. The van der Waals surface area contributed by atoms with Gasteiger partial charge in [-0.05, 0) is 24.5 Å². The van der Waals surface area contributed by atoms with Gasteiger partial charge in [0.15, 0.2) is 5.96 Å². The summed E-state index contributed by atoms with van der Waals surface area (Å²) in [6.45, 7) is 0.680. The highest BCUT2D eigenvalue weighted by atomic mass is 35.5. The second-order valence-electron chi connectivity index (χ2n) is 4.30. The molecule has 0 atom stereocenters. The van der Waals surface area contributed by atoms with E-state index in [1.54, 1.807) is 7.05 Å². The van der Waals surface area contributed by atoms with Gasteiger partial charge in [-0.3, -0.25) is 4.99 Å². The lowest BCUT2D eigenvalue weighted by Crippen LogP contribution is -2.42. The third-order valence-electron chi connectivity index (χ3n) is 2.98. The van der Waals surface area contributed by atoms with Crippen LogP contribution in [0.25, 0.3) is 0 Å². The molecule has 0 saturated carbocycles. The Morgan fingerprint density at radius 1 is 1.33 bits per heavy atom. The summed E-state index contributed by atoms with van der Waals surface area (Å²) in [6, 6.07) is 8.29. The molecule has 1 aliphatic rings. The Morgan fingerprint density at radius 2 is 2.06 bits per heavy atom. The van der Waals surface area contributed by atoms with E-state index in [2.05, 4.69) is 27.8 Å². The quantitative estimate of drug-likeness (QED) is 0.500. The van der Waals surface area contributed by atoms with Crippen LogP contribution in [0.2, 0.25) is 5.02 Å². The summed E-state index contributed by atoms with van der Waals surface area (Å²) in [5.74, 6) is 0.823. The molecule has 1 aromatic carbocycles. The van der Waals surface area contributed by atoms with Crippen LogP contribution in [0.4, 0.5) is 0 Å². The highest BCUT2D eigenvalue weighted by Crippen LogP contribution is 2.14. The second-order valence-corrected chi connectivity index (χ2v) is 4.71. The van der Waals surface area contributed by atoms with E-state index in [9.17, 15) is 0 Å². The van der Waals surface area contributed by atoms with Gasteiger partial charge in [0.25, 0.3) is 0 Å². The first-order valence-electron chi connectivity index (χ1n) is 6.15. The molecular formula is C14H18ClN3. The van der Waals surface area contributed by atoms with Crippen molar-refractivity contribution in [1.29, 1.82) is 0 Å². The van der Waals surface area contributed by atoms with Crippen molar-refractivity contribution >= 4 is 17.6 Å². The van der Waals surface area contributed by atoms with Crippen LogP contribution >= 0.6 is 11.6 Å². The fourth-order valence-electron chi connectivity index (χ4n) is 1.94. The number of halogens is 1. The predicted molar refractivity (Wildman–Crippen MR) is 76.9 cm³/mol. The summed E-state index contributed by atoms with van der Waals surface area (Å²) < 4.78 is 0. The summed E-state index contributed by atoms with van der Waals surface area (Å²) in [7, 11) is 1.78. The molecule has 3 nitrogen and oxygen atoms in total. The summed E-state index contributed by atoms with van der Waals surface area (Å²) in [5, 5.41) is 7.45. The van der Waals surface area contributed by atoms with E-state index < -0.39 is 0 Å². The van der Waals surface area contributed by atoms with Crippen LogP contribution in [0.5, 0.6) is 0 Å². The summed E-state index contributed by atoms with van der Waals surface area (Å²) >= 11 is 6.11. The molecule has 0 spiro atoms. The van der Waals surface area contributed by atoms with Crippen LogP contribution in [-0.4, -0.2) is 19.0 Å². The lowest BCUT2D eigenvalue weighted by atomic mass is 10.2. The minimum absolute atomic E-state index is 0.461. The number of nitrogens with zero attached hydrogens (tertiary/aromatic N) is 1. The Labute approximate surface area is 113 Å². The number of benzene rings is 1. The van der Waals surface area contributed by atoms with E-state index in [-0.39, 0.29) is 0 Å². The maximum Gasteiger partial charge on any atom is 0.191 e. The van der Waals surface area contributed by atoms with Gasteiger partial charge in [0, 0.05) is 24.7 Å². The molecule has 2 N–H and O–H groups in total. The van der Waals surface area contributed by atoms with Gasteiger partial charge in [-0.15, -0.1) is 0 Å². The van der Waals surface area contributed by atoms with E-state index in [1.165, 1.54) is 0 Å². The minimum Gasteiger partial charge on any atom is -0.353 e. The van der Waals surface area contributed by atoms with Gasteiger partial charge in [0.1, 0.15) is 0 Å². The molecule has 0 amide bonds. The van der Waals surface area contributed by atoms with Crippen molar-refractivity contribution in [3.8, 4) is 0 Å². The number of aliphatic imine (C=N–C) groups is 1. The molecule has 0 radical (unpaired) electrons. The lowest BCUT2D eigenvalue weighted by Gasteiger charge is -2.17. The van der Waals surface area contributed by atoms with Gasteiger partial charge in [-0.25, -0.2) is 0 Å². The zero-order valence-corrected chi connectivity index (χ0v) is 11.2. The number of rotatable bonds is 3. The molecule has 1 aliphatic carbocycles. The smallest absolute Gasteiger partial charge is 0.191 e. The van der Waals surface area contributed by atoms with Crippen LogP contribution < -0.4 is 10.6 Å². The van der Waals surface area contributed by atoms with Crippen molar-refractivity contribution in [2.75, 3.05) is 7.05 Å². The van der Waals surface area contributed by atoms with Crippen LogP contribution in [0.15, 0.2) is 41.4 Å². The minimum atomic E-state index is 0.461. The van der Waals surface area contributed by atoms with E-state index in [0.29, 0.717) is 12.6 Å². The van der Waals surface area contributed by atoms with Crippen molar-refractivity contribution in [3.05, 3.63) is 47.0 Å². The first-order valence-corrected chi connectivity index (χ1v) is 6.53. The fraction of sp³-hybridized carbons (Fsp3) is 0.357. The highest BCUT2D eigenvalue weighted by Gasteiger charge is 2.11. The molecule has 96 valence electrons. The van der Waals surface area contributed by atoms with Crippen molar-refractivity contribution in [3.63, 3.8) is 0 Å². The number of nitrogens with one attached hydrogen (secondary N) is 2. The predicted octanol–water partition coefficient (Wildman–Crippen LogP) is 2.72. The molecule has 4 heteroatoms. The Bertz CT molecular complexity index is 446. The van der Waals surface area contributed by atoms with E-state index in [0.717, 1.165) is 29.4 Å². The molecule has 0 saturated heterocycles. The van der Waals surface area contributed by atoms with Gasteiger partial charge >= 0.3 is 0 Å². The van der Waals surface area contributed by atoms with E-state index in [4.69, 9.17) is 11.6 Å². The van der Waals surface area contributed by atoms with Crippen molar-refractivity contribution in [2.24, 2.45) is 4.99 Å². The van der Waals surface area contributed by atoms with Gasteiger partial charge in [0.2, 0.25) is 0 Å². The molecular weight excluding hydrogens is 246 g/mol. The number of guanidine groups is 1. The monoisotopic (exact) mass is 263 g/mol. The maximum absolute atomic E-state index is 6.11. The Kier molecular flexibility index (Phi) is 4.65. The fourth-order valence-corrected chi connectivity index (χ4v) is 2.15. The van der Waals surface area contributed by atoms with Crippen molar-refractivity contribution in [2.45, 2.75) is 25.4 Å². The largest absolute Gasteiger partial charge is 0.353 e. The van der Waals surface area contributed by atoms with Gasteiger partial charge in [0.05, 0.1) is 0 Å². The van der Waals surface area contributed by atoms with E-state index in [1.807, 2.05) is 24.3 Å². The standard InChI is InChI=1S/C14H18ClN3/c1-16-14(18-12-7-3-4-8-12)17-10-11-6-2-5-9-13(11)15/h2-6,9,12H,7-8,10H2,1H3,(H2,16,17,18). The van der Waals surface area contributed by atoms with Crippen molar-refractivity contribution < 1.29 is 0 Å². The topological polar surface area (TPSA) is 36.4 Å². The van der Waals surface area contributed by atoms with Crippen LogP contribution in [0, 0.1) is 0 Å². The van der Waals surface area contributed by atoms with Gasteiger partial charge < -0.3 is 10.6 Å². The third-order valence-corrected chi connectivity index (χ3v) is 3.35. The molecule has 0 aromatic heterocycles. The van der Waals surface area contributed by atoms with Crippen LogP contribution in [-0.2, 0) is 6.54 Å². The van der Waals surface area contributed by atoms with E-state index >= 15 is 0 Å². The summed E-state index contributed by atoms with van der Waals surface area (Å²) in [6.07, 6.45) is 6.51. The highest BCUT2D eigenvalue weighted by molar-refractivity contribution is 6.31. The molecule has 0 unspecified atom stereocenters. The number of hydrogen-bond donors (Lipinski definition) is 2. The first-order chi connectivity index (χ1) is 8.79. The zero-order chi connectivity index (χ0) is 12.8. The van der Waals surface area contributed by atoms with Gasteiger partial charge in [-0.1, -0.05) is 42.0 Å². The van der Waals surface area contributed by atoms with Crippen LogP contribution in [0.3, 0.4) is 0 Å². The molecule has 0 bridgehead atoms. The van der Waals surface area contributed by atoms with Gasteiger partial charge in [-0.2, -0.15) is 0 Å². The summed E-state index contributed by atoms with van der Waals surface area (Å²) in [4.78, 5) is 4.22. The number of hydrogen-bond acceptors (Lipinski definition) is 1. The average molecular weight is 264 g/mol. The Balaban J connectivity index is 1.86. The SMILES string of the molecule is CN=C(NCc1ccccc1Cl)NC1CC=CC1. The van der Waals surface area contributed by atoms with Crippen molar-refractivity contribution in [1.82, 2.24) is 10.6 Å². The third kappa shape index (κ3) is 3.50. The molecule has 1 aromatic rings. The molecule has 2 rings (SSSR count). The Hall–Kier alpha value is -1.48.